The van der Waals surface area contributed by atoms with Crippen LogP contribution in [0.15, 0.2) is 23.1 Å². The van der Waals surface area contributed by atoms with E-state index >= 15 is 0 Å². The number of amides is 2. The van der Waals surface area contributed by atoms with Gasteiger partial charge in [-0.3, -0.25) is 4.79 Å². The van der Waals surface area contributed by atoms with Crippen molar-refractivity contribution >= 4 is 11.7 Å². The quantitative estimate of drug-likeness (QED) is 0.808. The van der Waals surface area contributed by atoms with E-state index in [4.69, 9.17) is 5.11 Å². The van der Waals surface area contributed by atoms with Crippen molar-refractivity contribution in [3.63, 3.8) is 0 Å². The third-order valence-corrected chi connectivity index (χ3v) is 2.80. The number of unbranched alkanes of at least 4 members (excludes halogenated alkanes) is 1. The molecule has 0 unspecified atom stereocenters. The van der Waals surface area contributed by atoms with E-state index in [1.807, 2.05) is 6.92 Å². The van der Waals surface area contributed by atoms with E-state index in [0.29, 0.717) is 6.54 Å². The van der Waals surface area contributed by atoms with Crippen LogP contribution in [0.2, 0.25) is 0 Å². The number of urea groups is 1. The first-order valence-corrected chi connectivity index (χ1v) is 6.42. The highest BCUT2D eigenvalue weighted by Crippen LogP contribution is 2.02. The van der Waals surface area contributed by atoms with Crippen LogP contribution < -0.4 is 10.9 Å². The van der Waals surface area contributed by atoms with Gasteiger partial charge in [-0.2, -0.15) is 0 Å². The molecule has 0 aliphatic rings. The number of carbonyl (C=O) groups is 1. The fraction of sp³-hybridized carbons (Fsp3) is 0.538. The van der Waals surface area contributed by atoms with Crippen LogP contribution in [0, 0.1) is 0 Å². The molecule has 1 rings (SSSR count). The molecule has 106 valence electrons. The Bertz CT molecular complexity index is 470. The smallest absolute Gasteiger partial charge is 0.322 e. The van der Waals surface area contributed by atoms with Crippen LogP contribution in [-0.4, -0.2) is 40.3 Å². The molecular weight excluding hydrogens is 246 g/mol. The van der Waals surface area contributed by atoms with Crippen LogP contribution in [0.3, 0.4) is 0 Å². The lowest BCUT2D eigenvalue weighted by atomic mass is 10.3. The molecule has 0 bridgehead atoms. The zero-order valence-electron chi connectivity index (χ0n) is 11.4. The fourth-order valence-electron chi connectivity index (χ4n) is 1.67. The third-order valence-electron chi connectivity index (χ3n) is 2.80. The summed E-state index contributed by atoms with van der Waals surface area (Å²) in [5, 5.41) is 11.5. The maximum Gasteiger partial charge on any atom is 0.322 e. The summed E-state index contributed by atoms with van der Waals surface area (Å²) in [6.07, 6.45) is 3.45. The highest BCUT2D eigenvalue weighted by molar-refractivity contribution is 5.89. The van der Waals surface area contributed by atoms with Crippen molar-refractivity contribution in [2.75, 3.05) is 25.0 Å². The van der Waals surface area contributed by atoms with Gasteiger partial charge in [-0.05, 0) is 18.6 Å². The summed E-state index contributed by atoms with van der Waals surface area (Å²) in [6.45, 7) is 2.76. The number of hydrogen-bond acceptors (Lipinski definition) is 3. The Labute approximate surface area is 112 Å². The molecule has 19 heavy (non-hydrogen) atoms. The second-order valence-corrected chi connectivity index (χ2v) is 4.33. The minimum atomic E-state index is -0.356. The predicted molar refractivity (Wildman–Crippen MR) is 74.3 cm³/mol. The zero-order chi connectivity index (χ0) is 14.3. The third kappa shape index (κ3) is 4.40. The Morgan fingerprint density at radius 3 is 2.84 bits per heavy atom. The van der Waals surface area contributed by atoms with Crippen LogP contribution in [0.4, 0.5) is 10.5 Å². The van der Waals surface area contributed by atoms with Gasteiger partial charge in [0, 0.05) is 26.3 Å². The number of carbonyl (C=O) groups excluding carboxylic acids is 1. The van der Waals surface area contributed by atoms with E-state index in [2.05, 4.69) is 5.32 Å². The average molecular weight is 267 g/mol. The molecule has 6 nitrogen and oxygen atoms in total. The molecule has 0 radical (unpaired) electrons. The Hall–Kier alpha value is -1.82. The first-order chi connectivity index (χ1) is 9.10. The molecule has 0 saturated carbocycles. The van der Waals surface area contributed by atoms with Gasteiger partial charge in [-0.25, -0.2) is 4.79 Å². The van der Waals surface area contributed by atoms with Crippen LogP contribution >= 0.6 is 0 Å². The highest BCUT2D eigenvalue weighted by Gasteiger charge is 2.14. The Morgan fingerprint density at radius 2 is 2.21 bits per heavy atom. The molecule has 2 N–H and O–H groups in total. The molecule has 1 aromatic heterocycles. The van der Waals surface area contributed by atoms with E-state index < -0.39 is 0 Å². The molecule has 2 amide bonds. The van der Waals surface area contributed by atoms with Crippen molar-refractivity contribution in [1.82, 2.24) is 9.47 Å². The van der Waals surface area contributed by atoms with Gasteiger partial charge in [0.25, 0.3) is 5.56 Å². The summed E-state index contributed by atoms with van der Waals surface area (Å²) in [5.41, 5.74) is -0.00951. The fourth-order valence-corrected chi connectivity index (χ4v) is 1.67. The molecule has 0 atom stereocenters. The van der Waals surface area contributed by atoms with Crippen molar-refractivity contribution in [3.05, 3.63) is 28.7 Å². The highest BCUT2D eigenvalue weighted by atomic mass is 16.3. The number of hydrogen-bond donors (Lipinski definition) is 2. The van der Waals surface area contributed by atoms with E-state index in [1.165, 1.54) is 9.47 Å². The lowest BCUT2D eigenvalue weighted by Crippen LogP contribution is -2.39. The number of aliphatic hydroxyl groups is 1. The molecule has 6 heteroatoms. The summed E-state index contributed by atoms with van der Waals surface area (Å²) in [4.78, 5) is 25.3. The van der Waals surface area contributed by atoms with Gasteiger partial charge in [0.1, 0.15) is 5.69 Å². The number of aromatic nitrogens is 1. The van der Waals surface area contributed by atoms with Crippen LogP contribution in [0.5, 0.6) is 0 Å². The van der Waals surface area contributed by atoms with E-state index in [1.54, 1.807) is 25.4 Å². The second-order valence-electron chi connectivity index (χ2n) is 4.33. The maximum atomic E-state index is 12.0. The molecule has 0 spiro atoms. The number of pyridine rings is 1. The number of anilines is 1. The monoisotopic (exact) mass is 267 g/mol. The maximum absolute atomic E-state index is 12.0. The SMILES string of the molecule is CCCCN(CCO)C(=O)Nc1cccn(C)c1=O. The minimum Gasteiger partial charge on any atom is -0.395 e. The van der Waals surface area contributed by atoms with Gasteiger partial charge in [0.15, 0.2) is 0 Å². The molecule has 0 saturated heterocycles. The lowest BCUT2D eigenvalue weighted by Gasteiger charge is -2.21. The van der Waals surface area contributed by atoms with Crippen molar-refractivity contribution in [3.8, 4) is 0 Å². The summed E-state index contributed by atoms with van der Waals surface area (Å²) in [7, 11) is 1.63. The largest absolute Gasteiger partial charge is 0.395 e. The van der Waals surface area contributed by atoms with Crippen molar-refractivity contribution in [2.45, 2.75) is 19.8 Å². The minimum absolute atomic E-state index is 0.0933. The lowest BCUT2D eigenvalue weighted by molar-refractivity contribution is 0.187. The van der Waals surface area contributed by atoms with Gasteiger partial charge < -0.3 is 19.9 Å². The van der Waals surface area contributed by atoms with Crippen molar-refractivity contribution < 1.29 is 9.90 Å². The summed E-state index contributed by atoms with van der Waals surface area (Å²) in [6, 6.07) is 2.90. The zero-order valence-corrected chi connectivity index (χ0v) is 11.4. The molecule has 0 aliphatic heterocycles. The number of nitrogens with one attached hydrogen (secondary N) is 1. The van der Waals surface area contributed by atoms with Crippen LogP contribution in [-0.2, 0) is 7.05 Å². The Kier molecular flexibility index (Phi) is 6.08. The standard InChI is InChI=1S/C13H21N3O3/c1-3-4-8-16(9-10-17)13(19)14-11-6-5-7-15(2)12(11)18/h5-7,17H,3-4,8-10H2,1-2H3,(H,14,19). The van der Waals surface area contributed by atoms with Crippen LogP contribution in [0.1, 0.15) is 19.8 Å². The van der Waals surface area contributed by atoms with Gasteiger partial charge in [0.2, 0.25) is 0 Å². The van der Waals surface area contributed by atoms with Crippen molar-refractivity contribution in [2.24, 2.45) is 7.05 Å². The molecule has 1 heterocycles. The first-order valence-electron chi connectivity index (χ1n) is 6.42. The summed E-state index contributed by atoms with van der Waals surface area (Å²) < 4.78 is 1.40. The normalized spacial score (nSPS) is 10.3. The van der Waals surface area contributed by atoms with Crippen molar-refractivity contribution in [1.29, 1.82) is 0 Å². The van der Waals surface area contributed by atoms with Gasteiger partial charge in [-0.1, -0.05) is 13.3 Å². The number of nitrogens with zero attached hydrogens (tertiary/aromatic N) is 2. The van der Waals surface area contributed by atoms with E-state index in [9.17, 15) is 9.59 Å². The molecular formula is C13H21N3O3. The average Bonchev–Trinajstić information content (AvgIpc) is 2.39. The van der Waals surface area contributed by atoms with Crippen LogP contribution in [0.25, 0.3) is 0 Å². The first kappa shape index (κ1) is 15.2. The predicted octanol–water partition coefficient (Wildman–Crippen LogP) is 1.01. The number of aliphatic hydroxyl groups excluding tert-OH is 1. The van der Waals surface area contributed by atoms with Gasteiger partial charge in [0.05, 0.1) is 6.61 Å². The molecule has 0 aliphatic carbocycles. The van der Waals surface area contributed by atoms with Gasteiger partial charge >= 0.3 is 6.03 Å². The number of rotatable bonds is 6. The second kappa shape index (κ2) is 7.58. The molecule has 1 aromatic rings. The van der Waals surface area contributed by atoms with Gasteiger partial charge in [-0.15, -0.1) is 0 Å². The summed E-state index contributed by atoms with van der Waals surface area (Å²) >= 11 is 0. The Morgan fingerprint density at radius 1 is 1.47 bits per heavy atom. The van der Waals surface area contributed by atoms with E-state index in [0.717, 1.165) is 12.8 Å². The van der Waals surface area contributed by atoms with E-state index in [-0.39, 0.29) is 30.4 Å². The summed E-state index contributed by atoms with van der Waals surface area (Å²) in [5.74, 6) is 0. The molecule has 0 fully saturated rings. The molecule has 0 aromatic carbocycles. The Balaban J connectivity index is 2.75. The topological polar surface area (TPSA) is 74.6 Å². The number of aryl methyl sites for hydroxylation is 1.